The van der Waals surface area contributed by atoms with Gasteiger partial charge in [0.1, 0.15) is 0 Å². The smallest absolute Gasteiger partial charge is 0.160 e. The van der Waals surface area contributed by atoms with Crippen LogP contribution in [0.5, 0.6) is 0 Å². The molecule has 244 valence electrons. The van der Waals surface area contributed by atoms with Gasteiger partial charge >= 0.3 is 0 Å². The van der Waals surface area contributed by atoms with Gasteiger partial charge in [-0.1, -0.05) is 121 Å². The van der Waals surface area contributed by atoms with E-state index in [4.69, 9.17) is 9.97 Å². The van der Waals surface area contributed by atoms with E-state index in [2.05, 4.69) is 154 Å². The molecule has 6 aromatic carbocycles. The van der Waals surface area contributed by atoms with Crippen LogP contribution >= 0.6 is 0 Å². The molecule has 52 heavy (non-hydrogen) atoms. The number of hydrogen-bond donors (Lipinski definition) is 0. The fourth-order valence-electron chi connectivity index (χ4n) is 6.62. The second-order valence-corrected chi connectivity index (χ2v) is 12.6. The summed E-state index contributed by atoms with van der Waals surface area (Å²) in [5.41, 5.74) is 13.5. The van der Waals surface area contributed by atoms with E-state index >= 15 is 0 Å². The molecule has 0 saturated carbocycles. The van der Waals surface area contributed by atoms with Gasteiger partial charge in [-0.2, -0.15) is 0 Å². The lowest BCUT2D eigenvalue weighted by atomic mass is 9.94. The van der Waals surface area contributed by atoms with Gasteiger partial charge in [0, 0.05) is 46.9 Å². The molecule has 0 spiro atoms. The third kappa shape index (κ3) is 6.23. The van der Waals surface area contributed by atoms with E-state index in [1.165, 1.54) is 0 Å². The highest BCUT2D eigenvalue weighted by Crippen LogP contribution is 2.36. The Hall–Kier alpha value is -7.11. The van der Waals surface area contributed by atoms with Gasteiger partial charge in [0.2, 0.25) is 0 Å². The van der Waals surface area contributed by atoms with Crippen LogP contribution < -0.4 is 0 Å². The van der Waals surface area contributed by atoms with Crippen molar-refractivity contribution < 1.29 is 0 Å². The van der Waals surface area contributed by atoms with E-state index in [0.29, 0.717) is 11.6 Å². The molecule has 0 aliphatic carbocycles. The summed E-state index contributed by atoms with van der Waals surface area (Å²) in [6.07, 6.45) is 7.22. The summed E-state index contributed by atoms with van der Waals surface area (Å²) in [5.74, 6) is 1.37. The highest BCUT2D eigenvalue weighted by Gasteiger charge is 2.15. The lowest BCUT2D eigenvalue weighted by molar-refractivity contribution is 1.18. The first-order chi connectivity index (χ1) is 25.7. The Morgan fingerprint density at radius 3 is 1.48 bits per heavy atom. The maximum atomic E-state index is 5.29. The van der Waals surface area contributed by atoms with E-state index in [1.54, 1.807) is 18.6 Å². The van der Waals surface area contributed by atoms with E-state index in [0.717, 1.165) is 77.8 Å². The first kappa shape index (κ1) is 30.9. The highest BCUT2D eigenvalue weighted by molar-refractivity contribution is 5.96. The molecule has 0 fully saturated rings. The monoisotopic (exact) mass is 665 g/mol. The van der Waals surface area contributed by atoms with Crippen LogP contribution in [-0.2, 0) is 0 Å². The first-order valence-electron chi connectivity index (χ1n) is 17.2. The molecule has 5 heteroatoms. The molecule has 0 atom stereocenters. The van der Waals surface area contributed by atoms with Crippen molar-refractivity contribution in [2.24, 2.45) is 0 Å². The summed E-state index contributed by atoms with van der Waals surface area (Å²) in [7, 11) is 0. The molecule has 9 rings (SSSR count). The zero-order valence-corrected chi connectivity index (χ0v) is 28.1. The van der Waals surface area contributed by atoms with Crippen molar-refractivity contribution in [1.82, 2.24) is 24.9 Å². The summed E-state index contributed by atoms with van der Waals surface area (Å²) in [4.78, 5) is 23.7. The van der Waals surface area contributed by atoms with E-state index in [9.17, 15) is 0 Å². The number of nitrogens with zero attached hydrogens (tertiary/aromatic N) is 5. The number of rotatable bonds is 7. The molecular formula is C47H31N5. The molecule has 0 amide bonds. The van der Waals surface area contributed by atoms with Crippen LogP contribution in [0.2, 0.25) is 0 Å². The average molecular weight is 666 g/mol. The second kappa shape index (κ2) is 13.7. The van der Waals surface area contributed by atoms with Crippen LogP contribution in [0.1, 0.15) is 0 Å². The minimum atomic E-state index is 0.668. The van der Waals surface area contributed by atoms with Crippen molar-refractivity contribution in [3.63, 3.8) is 0 Å². The third-order valence-electron chi connectivity index (χ3n) is 9.30. The SMILES string of the molecule is c1ccc(-c2ccc3c(-c4ccccc4)nc(-c4cc(-c5ccc(-c6cccnc6)cc5)cc(-c5ccc(-c6ncccn6)cc5)c4)nc3c2)cc1. The molecule has 5 nitrogen and oxygen atoms in total. The molecule has 0 unspecified atom stereocenters. The number of aromatic nitrogens is 5. The number of hydrogen-bond acceptors (Lipinski definition) is 5. The Morgan fingerprint density at radius 1 is 0.308 bits per heavy atom. The van der Waals surface area contributed by atoms with E-state index in [1.807, 2.05) is 30.5 Å². The maximum absolute atomic E-state index is 5.29. The third-order valence-corrected chi connectivity index (χ3v) is 9.30. The van der Waals surface area contributed by atoms with Crippen LogP contribution in [-0.4, -0.2) is 24.9 Å². The van der Waals surface area contributed by atoms with Gasteiger partial charge in [-0.3, -0.25) is 4.98 Å². The number of pyridine rings is 1. The first-order valence-corrected chi connectivity index (χ1v) is 17.2. The molecule has 9 aromatic rings. The summed E-state index contributed by atoms with van der Waals surface area (Å²) in [5, 5.41) is 1.01. The van der Waals surface area contributed by atoms with Gasteiger partial charge in [-0.25, -0.2) is 19.9 Å². The standard InChI is InChI=1S/C47H31N5/c1-3-9-32(10-4-1)38-22-23-43-44(30-38)51-47(52-45(43)36-11-5-2-6-12-36)42-28-40(34-16-14-33(15-17-34)39-13-7-24-48-31-39)27-41(29-42)35-18-20-37(21-19-35)46-49-25-8-26-50-46/h1-31H. The fraction of sp³-hybridized carbons (Fsp3) is 0. The predicted octanol–water partition coefficient (Wildman–Crippen LogP) is 11.5. The van der Waals surface area contributed by atoms with Crippen molar-refractivity contribution >= 4 is 10.9 Å². The lowest BCUT2D eigenvalue weighted by Crippen LogP contribution is -1.97. The van der Waals surface area contributed by atoms with Crippen LogP contribution in [0.4, 0.5) is 0 Å². The normalized spacial score (nSPS) is 11.1. The molecule has 3 heterocycles. The Morgan fingerprint density at radius 2 is 0.846 bits per heavy atom. The molecule has 0 radical (unpaired) electrons. The minimum Gasteiger partial charge on any atom is -0.264 e. The van der Waals surface area contributed by atoms with Gasteiger partial charge in [0.15, 0.2) is 11.6 Å². The summed E-state index contributed by atoms with van der Waals surface area (Å²) < 4.78 is 0. The molecule has 0 bridgehead atoms. The summed E-state index contributed by atoms with van der Waals surface area (Å²) >= 11 is 0. The van der Waals surface area contributed by atoms with Gasteiger partial charge in [0.25, 0.3) is 0 Å². The molecule has 0 saturated heterocycles. The van der Waals surface area contributed by atoms with Crippen molar-refractivity contribution in [1.29, 1.82) is 0 Å². The summed E-state index contributed by atoms with van der Waals surface area (Å²) in [6, 6.07) is 56.8. The van der Waals surface area contributed by atoms with Gasteiger partial charge in [-0.15, -0.1) is 0 Å². The topological polar surface area (TPSA) is 64.5 Å². The zero-order valence-electron chi connectivity index (χ0n) is 28.1. The van der Waals surface area contributed by atoms with Crippen LogP contribution in [0.3, 0.4) is 0 Å². The van der Waals surface area contributed by atoms with Crippen LogP contribution in [0.15, 0.2) is 189 Å². The summed E-state index contributed by atoms with van der Waals surface area (Å²) in [6.45, 7) is 0. The lowest BCUT2D eigenvalue weighted by Gasteiger charge is -2.14. The predicted molar refractivity (Wildman–Crippen MR) is 211 cm³/mol. The van der Waals surface area contributed by atoms with Crippen molar-refractivity contribution in [2.75, 3.05) is 0 Å². The van der Waals surface area contributed by atoms with Crippen molar-refractivity contribution in [3.8, 4) is 78.5 Å². The molecule has 3 aromatic heterocycles. The largest absolute Gasteiger partial charge is 0.264 e. The van der Waals surface area contributed by atoms with Crippen molar-refractivity contribution in [3.05, 3.63) is 189 Å². The molecule has 0 N–H and O–H groups in total. The Labute approximate surface area is 302 Å². The Kier molecular flexibility index (Phi) is 8.12. The molecular weight excluding hydrogens is 635 g/mol. The highest BCUT2D eigenvalue weighted by atomic mass is 14.9. The van der Waals surface area contributed by atoms with Crippen molar-refractivity contribution in [2.45, 2.75) is 0 Å². The van der Waals surface area contributed by atoms with Gasteiger partial charge in [0.05, 0.1) is 11.2 Å². The fourth-order valence-corrected chi connectivity index (χ4v) is 6.62. The Balaban J connectivity index is 1.22. The quantitative estimate of drug-likeness (QED) is 0.169. The zero-order chi connectivity index (χ0) is 34.7. The molecule has 0 aliphatic rings. The van der Waals surface area contributed by atoms with Gasteiger partial charge in [-0.05, 0) is 87.0 Å². The number of benzene rings is 6. The second-order valence-electron chi connectivity index (χ2n) is 12.6. The maximum Gasteiger partial charge on any atom is 0.160 e. The minimum absolute atomic E-state index is 0.668. The number of fused-ring (bicyclic) bond motifs is 1. The van der Waals surface area contributed by atoms with Crippen LogP contribution in [0.25, 0.3) is 89.4 Å². The van der Waals surface area contributed by atoms with E-state index < -0.39 is 0 Å². The Bertz CT molecular complexity index is 2530. The van der Waals surface area contributed by atoms with Gasteiger partial charge < -0.3 is 0 Å². The van der Waals surface area contributed by atoms with E-state index in [-0.39, 0.29) is 0 Å². The van der Waals surface area contributed by atoms with Crippen LogP contribution in [0, 0.1) is 0 Å². The average Bonchev–Trinajstić information content (AvgIpc) is 3.24. The molecule has 0 aliphatic heterocycles.